The Morgan fingerprint density at radius 3 is 2.29 bits per heavy atom. The first-order valence-electron chi connectivity index (χ1n) is 16.7. The molecule has 0 bridgehead atoms. The average molecular weight is 775 g/mol. The largest absolute Gasteiger partial charge is 0.447 e. The van der Waals surface area contributed by atoms with Gasteiger partial charge in [-0.15, -0.1) is 0 Å². The molecule has 1 aliphatic carbocycles. The van der Waals surface area contributed by atoms with E-state index < -0.39 is 66.2 Å². The fourth-order valence-corrected chi connectivity index (χ4v) is 6.55. The van der Waals surface area contributed by atoms with E-state index in [1.165, 1.54) is 24.4 Å². The summed E-state index contributed by atoms with van der Waals surface area (Å²) < 4.78 is 101. The van der Waals surface area contributed by atoms with Gasteiger partial charge in [0.2, 0.25) is 0 Å². The topological polar surface area (TPSA) is 169 Å². The predicted octanol–water partition coefficient (Wildman–Crippen LogP) is 6.82. The van der Waals surface area contributed by atoms with Crippen molar-refractivity contribution in [1.29, 1.82) is 5.26 Å². The zero-order valence-corrected chi connectivity index (χ0v) is 29.4. The number of carbonyl (C=O) groups is 2. The van der Waals surface area contributed by atoms with Crippen LogP contribution in [0.2, 0.25) is 0 Å². The summed E-state index contributed by atoms with van der Waals surface area (Å²) in [6, 6.07) is 10.6. The predicted molar refractivity (Wildman–Crippen MR) is 180 cm³/mol. The number of nitrogens with zero attached hydrogens (tertiary/aromatic N) is 8. The molecule has 1 saturated carbocycles. The number of aromatic nitrogens is 5. The van der Waals surface area contributed by atoms with Crippen molar-refractivity contribution in [3.63, 3.8) is 0 Å². The van der Waals surface area contributed by atoms with Gasteiger partial charge in [-0.2, -0.15) is 50.9 Å². The van der Waals surface area contributed by atoms with Crippen molar-refractivity contribution < 1.29 is 45.1 Å². The number of alkyl halides is 7. The molecule has 2 aromatic carbocycles. The number of benzene rings is 2. The molecule has 4 aromatic rings. The second-order valence-corrected chi connectivity index (χ2v) is 14.3. The normalized spacial score (nSPS) is 18.7. The van der Waals surface area contributed by atoms with E-state index >= 15 is 0 Å². The highest BCUT2D eigenvalue weighted by Gasteiger charge is 2.64. The molecule has 1 fully saturated rings. The van der Waals surface area contributed by atoms with Gasteiger partial charge in [0.1, 0.15) is 18.5 Å². The Morgan fingerprint density at radius 2 is 1.73 bits per heavy atom. The minimum Gasteiger partial charge on any atom is -0.447 e. The summed E-state index contributed by atoms with van der Waals surface area (Å²) in [5.41, 5.74) is 2.71. The average Bonchev–Trinajstić information content (AvgIpc) is 3.42. The van der Waals surface area contributed by atoms with E-state index in [-0.39, 0.29) is 46.6 Å². The molecule has 290 valence electrons. The van der Waals surface area contributed by atoms with Crippen LogP contribution in [0.1, 0.15) is 75.9 Å². The Kier molecular flexibility index (Phi) is 9.86. The third-order valence-corrected chi connectivity index (χ3v) is 9.27. The van der Waals surface area contributed by atoms with E-state index in [2.05, 4.69) is 20.2 Å². The molecule has 3 heterocycles. The van der Waals surface area contributed by atoms with Gasteiger partial charge in [0.15, 0.2) is 17.3 Å². The van der Waals surface area contributed by atoms with E-state index in [1.807, 2.05) is 32.2 Å². The van der Waals surface area contributed by atoms with Crippen molar-refractivity contribution in [2.75, 3.05) is 6.61 Å². The standard InChI is InChI=1S/C35H33F7N10O3/c1-32(2,3)17-34(23-8-6-19(7-9-23)22-14-46-50(15-22)28(36)37)27(53)51(30(44)48-34)25(16-55-31(54)49-33(10-11-33)35(40,41)42)20-4-5-21(13-43)24(12-20)26-45-18-47-52(26)29(38)39/h4-9,12,14-15,18,25,28-29H,10-11,16-17H2,1-3H3,(H2,44,48)(H,49,54)/t25?,34-/m1/s1. The smallest absolute Gasteiger partial charge is 0.411 e. The fourth-order valence-electron chi connectivity index (χ4n) is 6.55. The van der Waals surface area contributed by atoms with E-state index in [0.29, 0.717) is 21.4 Å². The summed E-state index contributed by atoms with van der Waals surface area (Å²) in [7, 11) is 0. The van der Waals surface area contributed by atoms with E-state index in [1.54, 1.807) is 24.3 Å². The first-order chi connectivity index (χ1) is 25.8. The van der Waals surface area contributed by atoms with E-state index in [4.69, 9.17) is 10.5 Å². The van der Waals surface area contributed by atoms with Gasteiger partial charge in [-0.25, -0.2) is 19.5 Å². The van der Waals surface area contributed by atoms with Crippen molar-refractivity contribution in [3.8, 4) is 28.6 Å². The molecular weight excluding hydrogens is 741 g/mol. The van der Waals surface area contributed by atoms with Crippen molar-refractivity contribution in [3.05, 3.63) is 77.9 Å². The van der Waals surface area contributed by atoms with Gasteiger partial charge in [0, 0.05) is 17.3 Å². The number of amides is 2. The van der Waals surface area contributed by atoms with Crippen LogP contribution in [-0.4, -0.2) is 65.7 Å². The molecular formula is C35H33F7N10O3. The third-order valence-electron chi connectivity index (χ3n) is 9.27. The highest BCUT2D eigenvalue weighted by atomic mass is 19.4. The number of aliphatic imine (C=N–C) groups is 1. The van der Waals surface area contributed by atoms with E-state index in [0.717, 1.165) is 17.4 Å². The number of rotatable bonds is 11. The summed E-state index contributed by atoms with van der Waals surface area (Å²) >= 11 is 0. The number of halogens is 7. The number of hydrogen-bond donors (Lipinski definition) is 2. The lowest BCUT2D eigenvalue weighted by molar-refractivity contribution is -0.164. The van der Waals surface area contributed by atoms with Crippen LogP contribution in [0.3, 0.4) is 0 Å². The molecule has 55 heavy (non-hydrogen) atoms. The van der Waals surface area contributed by atoms with Crippen LogP contribution in [0.15, 0.2) is 66.2 Å². The second-order valence-electron chi connectivity index (χ2n) is 14.3. The molecule has 2 aliphatic rings. The molecule has 2 atom stereocenters. The number of nitriles is 1. The van der Waals surface area contributed by atoms with Crippen molar-refractivity contribution >= 4 is 18.0 Å². The van der Waals surface area contributed by atoms with Crippen LogP contribution in [0.5, 0.6) is 0 Å². The van der Waals surface area contributed by atoms with Crippen molar-refractivity contribution in [1.82, 2.24) is 34.8 Å². The van der Waals surface area contributed by atoms with Gasteiger partial charge in [0.05, 0.1) is 23.9 Å². The summed E-state index contributed by atoms with van der Waals surface area (Å²) in [4.78, 5) is 37.3. The lowest BCUT2D eigenvalue weighted by atomic mass is 9.75. The lowest BCUT2D eigenvalue weighted by Gasteiger charge is -2.35. The van der Waals surface area contributed by atoms with Crippen LogP contribution in [0.4, 0.5) is 35.5 Å². The molecule has 1 aliphatic heterocycles. The maximum atomic E-state index is 14.9. The number of ether oxygens (including phenoxy) is 1. The Labute approximate surface area is 308 Å². The van der Waals surface area contributed by atoms with Crippen LogP contribution < -0.4 is 11.1 Å². The monoisotopic (exact) mass is 774 g/mol. The Morgan fingerprint density at radius 1 is 1.04 bits per heavy atom. The maximum Gasteiger partial charge on any atom is 0.411 e. The first-order valence-corrected chi connectivity index (χ1v) is 16.7. The molecule has 2 aromatic heterocycles. The summed E-state index contributed by atoms with van der Waals surface area (Å²) in [6.45, 7) is -1.29. The van der Waals surface area contributed by atoms with Crippen molar-refractivity contribution in [2.45, 2.75) is 76.4 Å². The lowest BCUT2D eigenvalue weighted by Crippen LogP contribution is -2.50. The molecule has 0 spiro atoms. The number of guanidine groups is 1. The highest BCUT2D eigenvalue weighted by Crippen LogP contribution is 2.49. The quantitative estimate of drug-likeness (QED) is 0.157. The molecule has 13 nitrogen and oxygen atoms in total. The van der Waals surface area contributed by atoms with Gasteiger partial charge in [0.25, 0.3) is 5.91 Å². The summed E-state index contributed by atoms with van der Waals surface area (Å²) in [5, 5.41) is 18.9. The van der Waals surface area contributed by atoms with Gasteiger partial charge < -0.3 is 15.8 Å². The van der Waals surface area contributed by atoms with Crippen molar-refractivity contribution in [2.24, 2.45) is 16.1 Å². The molecule has 1 unspecified atom stereocenters. The first kappa shape index (κ1) is 38.7. The molecule has 0 saturated heterocycles. The van der Waals surface area contributed by atoms with Gasteiger partial charge in [-0.3, -0.25) is 9.69 Å². The number of nitrogens with two attached hydrogens (primary N) is 1. The summed E-state index contributed by atoms with van der Waals surface area (Å²) in [5.74, 6) is -1.52. The highest BCUT2D eigenvalue weighted by molar-refractivity contribution is 6.07. The van der Waals surface area contributed by atoms with Crippen LogP contribution in [-0.2, 0) is 15.1 Å². The van der Waals surface area contributed by atoms with Gasteiger partial charge in [-0.05, 0) is 53.5 Å². The van der Waals surface area contributed by atoms with Crippen LogP contribution in [0.25, 0.3) is 22.5 Å². The van der Waals surface area contributed by atoms with Gasteiger partial charge >= 0.3 is 25.4 Å². The molecule has 3 N–H and O–H groups in total. The Balaban J connectivity index is 1.42. The zero-order valence-electron chi connectivity index (χ0n) is 29.4. The maximum absolute atomic E-state index is 14.9. The minimum atomic E-state index is -4.76. The van der Waals surface area contributed by atoms with Crippen LogP contribution >= 0.6 is 0 Å². The Bertz CT molecular complexity index is 2170. The fraction of sp³-hybridized carbons (Fsp3) is 0.400. The summed E-state index contributed by atoms with van der Waals surface area (Å²) in [6.07, 6.45) is -3.64. The van der Waals surface area contributed by atoms with Crippen LogP contribution in [0, 0.1) is 16.7 Å². The van der Waals surface area contributed by atoms with E-state index in [9.17, 15) is 45.6 Å². The number of nitrogens with one attached hydrogen (secondary N) is 1. The zero-order chi connectivity index (χ0) is 40.1. The minimum absolute atomic E-state index is 0.0526. The third kappa shape index (κ3) is 7.42. The molecule has 20 heteroatoms. The molecule has 6 rings (SSSR count). The molecule has 0 radical (unpaired) electrons. The van der Waals surface area contributed by atoms with Gasteiger partial charge in [-0.1, -0.05) is 51.1 Å². The Hall–Kier alpha value is -6.00. The number of carbonyl (C=O) groups excluding carboxylic acids is 2. The second kappa shape index (κ2) is 14.0. The number of alkyl carbamates (subject to hydrolysis) is 1. The molecule has 2 amide bonds. The number of hydrogen-bond acceptors (Lipinski definition) is 9. The SMILES string of the molecule is CC(C)(C)C[C@]1(c2ccc(-c3cnn(C(F)F)c3)cc2)N=C(N)N(C(COC(=O)NC2(C(F)(F)F)CC2)c2ccc(C#N)c(-c3ncnn3C(F)F)c2)C1=O.